The molecule has 1 heterocycles. The molecule has 3 rings (SSSR count). The summed E-state index contributed by atoms with van der Waals surface area (Å²) in [5.74, 6) is 0.434. The van der Waals surface area contributed by atoms with Gasteiger partial charge in [-0.3, -0.25) is 0 Å². The van der Waals surface area contributed by atoms with E-state index in [1.54, 1.807) is 18.2 Å². The Hall–Kier alpha value is -1.56. The second-order valence-electron chi connectivity index (χ2n) is 5.65. The number of anilines is 1. The van der Waals surface area contributed by atoms with Crippen molar-refractivity contribution in [3.8, 4) is 0 Å². The van der Waals surface area contributed by atoms with E-state index in [2.05, 4.69) is 11.9 Å². The fourth-order valence-electron chi connectivity index (χ4n) is 2.85. The van der Waals surface area contributed by atoms with Crippen LogP contribution in [0.25, 0.3) is 11.1 Å². The average Bonchev–Trinajstić information content (AvgIpc) is 2.82. The Morgan fingerprint density at radius 1 is 1.35 bits per heavy atom. The fraction of sp³-hybridized carbons (Fsp3) is 0.500. The first-order valence-corrected chi connectivity index (χ1v) is 8.41. The molecule has 5 nitrogen and oxygen atoms in total. The molecule has 0 radical (unpaired) electrons. The number of nitrogens with zero attached hydrogens (tertiary/aromatic N) is 1. The Bertz CT molecular complexity index is 736. The highest BCUT2D eigenvalue weighted by molar-refractivity contribution is 7.91. The van der Waals surface area contributed by atoms with Crippen LogP contribution in [0.3, 0.4) is 0 Å². The highest BCUT2D eigenvalue weighted by atomic mass is 32.2. The average molecular weight is 294 g/mol. The molecular formula is C14H18N2O3S. The number of rotatable bonds is 2. The maximum absolute atomic E-state index is 12.6. The fourth-order valence-corrected chi connectivity index (χ4v) is 4.62. The van der Waals surface area contributed by atoms with E-state index in [-0.39, 0.29) is 10.5 Å². The van der Waals surface area contributed by atoms with Crippen LogP contribution in [0.1, 0.15) is 32.6 Å². The molecule has 108 valence electrons. The molecule has 0 spiro atoms. The van der Waals surface area contributed by atoms with Crippen LogP contribution in [0.4, 0.5) is 5.69 Å². The molecule has 0 amide bonds. The molecule has 2 aromatic rings. The smallest absolute Gasteiger partial charge is 0.316 e. The molecule has 20 heavy (non-hydrogen) atoms. The molecule has 0 bridgehead atoms. The van der Waals surface area contributed by atoms with E-state index in [9.17, 15) is 8.42 Å². The molecule has 2 unspecified atom stereocenters. The van der Waals surface area contributed by atoms with E-state index in [0.29, 0.717) is 35.5 Å². The van der Waals surface area contributed by atoms with Crippen molar-refractivity contribution in [2.24, 2.45) is 5.92 Å². The number of nitrogen functional groups attached to an aromatic ring is 1. The molecule has 1 aromatic heterocycles. The van der Waals surface area contributed by atoms with E-state index < -0.39 is 9.84 Å². The van der Waals surface area contributed by atoms with Crippen LogP contribution in [0.5, 0.6) is 0 Å². The van der Waals surface area contributed by atoms with Crippen LogP contribution in [0.2, 0.25) is 0 Å². The second-order valence-corrected chi connectivity index (χ2v) is 7.75. The number of oxazole rings is 1. The number of benzene rings is 1. The lowest BCUT2D eigenvalue weighted by molar-refractivity contribution is 0.372. The summed E-state index contributed by atoms with van der Waals surface area (Å²) in [6, 6.07) is 4.95. The van der Waals surface area contributed by atoms with Gasteiger partial charge in [0.2, 0.25) is 9.84 Å². The highest BCUT2D eigenvalue weighted by Gasteiger charge is 2.35. The summed E-state index contributed by atoms with van der Waals surface area (Å²) in [5.41, 5.74) is 7.17. The van der Waals surface area contributed by atoms with Gasteiger partial charge in [-0.15, -0.1) is 0 Å². The maximum atomic E-state index is 12.6. The van der Waals surface area contributed by atoms with Gasteiger partial charge < -0.3 is 10.2 Å². The zero-order chi connectivity index (χ0) is 14.3. The second kappa shape index (κ2) is 4.77. The quantitative estimate of drug-likeness (QED) is 0.861. The standard InChI is InChI=1S/C14H18N2O3S/c1-9-3-2-4-11(7-9)20(17,18)14-16-12-8-10(15)5-6-13(12)19-14/h5-6,8-9,11H,2-4,7,15H2,1H3. The van der Waals surface area contributed by atoms with Gasteiger partial charge >= 0.3 is 5.22 Å². The van der Waals surface area contributed by atoms with E-state index in [1.807, 2.05) is 0 Å². The van der Waals surface area contributed by atoms with Crippen molar-refractivity contribution in [1.82, 2.24) is 4.98 Å². The van der Waals surface area contributed by atoms with Crippen molar-refractivity contribution in [3.05, 3.63) is 18.2 Å². The van der Waals surface area contributed by atoms with Crippen LogP contribution in [0.15, 0.2) is 27.8 Å². The third-order valence-electron chi connectivity index (χ3n) is 3.96. The normalized spacial score (nSPS) is 24.1. The van der Waals surface area contributed by atoms with Gasteiger partial charge in [-0.2, -0.15) is 4.98 Å². The Morgan fingerprint density at radius 3 is 2.90 bits per heavy atom. The topological polar surface area (TPSA) is 86.2 Å². The van der Waals surface area contributed by atoms with Crippen molar-refractivity contribution < 1.29 is 12.8 Å². The van der Waals surface area contributed by atoms with Gasteiger partial charge in [-0.25, -0.2) is 8.42 Å². The van der Waals surface area contributed by atoms with Gasteiger partial charge in [0.1, 0.15) is 5.52 Å². The van der Waals surface area contributed by atoms with Gasteiger partial charge in [0.15, 0.2) is 5.58 Å². The number of hydrogen-bond donors (Lipinski definition) is 1. The SMILES string of the molecule is CC1CCCC(S(=O)(=O)c2nc3cc(N)ccc3o2)C1. The predicted molar refractivity (Wildman–Crippen MR) is 77.0 cm³/mol. The molecule has 2 atom stereocenters. The largest absolute Gasteiger partial charge is 0.428 e. The lowest BCUT2D eigenvalue weighted by Gasteiger charge is -2.25. The van der Waals surface area contributed by atoms with Gasteiger partial charge in [-0.05, 0) is 37.0 Å². The molecule has 1 aliphatic carbocycles. The third-order valence-corrected chi connectivity index (χ3v) is 5.93. The molecule has 1 fully saturated rings. The Morgan fingerprint density at radius 2 is 2.15 bits per heavy atom. The van der Waals surface area contributed by atoms with Crippen molar-refractivity contribution in [1.29, 1.82) is 0 Å². The van der Waals surface area contributed by atoms with Crippen LogP contribution in [0, 0.1) is 5.92 Å². The van der Waals surface area contributed by atoms with E-state index in [1.165, 1.54) is 0 Å². The van der Waals surface area contributed by atoms with Crippen molar-refractivity contribution in [3.63, 3.8) is 0 Å². The van der Waals surface area contributed by atoms with Gasteiger partial charge in [0.25, 0.3) is 0 Å². The minimum Gasteiger partial charge on any atom is -0.428 e. The first kappa shape index (κ1) is 13.4. The Balaban J connectivity index is 2.00. The number of sulfone groups is 1. The van der Waals surface area contributed by atoms with Crippen molar-refractivity contribution >= 4 is 26.6 Å². The summed E-state index contributed by atoms with van der Waals surface area (Å²) in [7, 11) is -3.49. The summed E-state index contributed by atoms with van der Waals surface area (Å²) in [6.07, 6.45) is 3.41. The lowest BCUT2D eigenvalue weighted by atomic mass is 9.91. The predicted octanol–water partition coefficient (Wildman–Crippen LogP) is 2.76. The number of fused-ring (bicyclic) bond motifs is 1. The number of hydrogen-bond acceptors (Lipinski definition) is 5. The van der Waals surface area contributed by atoms with E-state index in [4.69, 9.17) is 10.2 Å². The molecule has 6 heteroatoms. The molecule has 1 aromatic carbocycles. The minimum atomic E-state index is -3.49. The van der Waals surface area contributed by atoms with Gasteiger partial charge in [-0.1, -0.05) is 19.8 Å². The summed E-state index contributed by atoms with van der Waals surface area (Å²) >= 11 is 0. The third kappa shape index (κ3) is 2.28. The van der Waals surface area contributed by atoms with Crippen LogP contribution >= 0.6 is 0 Å². The summed E-state index contributed by atoms with van der Waals surface area (Å²) in [5, 5.41) is -0.547. The monoisotopic (exact) mass is 294 g/mol. The van der Waals surface area contributed by atoms with Crippen LogP contribution < -0.4 is 5.73 Å². The molecular weight excluding hydrogens is 276 g/mol. The number of aromatic nitrogens is 1. The minimum absolute atomic E-state index is 0.169. The van der Waals surface area contributed by atoms with Gasteiger partial charge in [0.05, 0.1) is 5.25 Å². The lowest BCUT2D eigenvalue weighted by Crippen LogP contribution is -2.27. The molecule has 1 aliphatic rings. The Kier molecular flexibility index (Phi) is 3.20. The first-order chi connectivity index (χ1) is 9.46. The molecule has 1 saturated carbocycles. The first-order valence-electron chi connectivity index (χ1n) is 6.87. The van der Waals surface area contributed by atoms with Crippen molar-refractivity contribution in [2.75, 3.05) is 5.73 Å². The van der Waals surface area contributed by atoms with Crippen LogP contribution in [-0.4, -0.2) is 18.7 Å². The molecule has 0 saturated heterocycles. The van der Waals surface area contributed by atoms with Crippen molar-refractivity contribution in [2.45, 2.75) is 43.1 Å². The molecule has 0 aliphatic heterocycles. The Labute approximate surface area is 118 Å². The highest BCUT2D eigenvalue weighted by Crippen LogP contribution is 2.32. The number of nitrogens with two attached hydrogens (primary N) is 1. The zero-order valence-electron chi connectivity index (χ0n) is 11.4. The van der Waals surface area contributed by atoms with Crippen LogP contribution in [-0.2, 0) is 9.84 Å². The van der Waals surface area contributed by atoms with E-state index in [0.717, 1.165) is 12.8 Å². The molecule has 2 N–H and O–H groups in total. The summed E-state index contributed by atoms with van der Waals surface area (Å²) < 4.78 is 30.6. The van der Waals surface area contributed by atoms with E-state index >= 15 is 0 Å². The summed E-state index contributed by atoms with van der Waals surface area (Å²) in [6.45, 7) is 2.09. The van der Waals surface area contributed by atoms with Gasteiger partial charge in [0, 0.05) is 5.69 Å². The maximum Gasteiger partial charge on any atom is 0.316 e. The zero-order valence-corrected chi connectivity index (χ0v) is 12.2. The summed E-state index contributed by atoms with van der Waals surface area (Å²) in [4.78, 5) is 4.11.